The molecule has 0 saturated carbocycles. The molecule has 1 amide bonds. The first-order valence-electron chi connectivity index (χ1n) is 7.33. The van der Waals surface area contributed by atoms with Crippen molar-refractivity contribution in [3.05, 3.63) is 23.4 Å². The van der Waals surface area contributed by atoms with E-state index in [0.29, 0.717) is 26.3 Å². The van der Waals surface area contributed by atoms with Gasteiger partial charge >= 0.3 is 0 Å². The zero-order chi connectivity index (χ0) is 15.4. The Kier molecular flexibility index (Phi) is 5.14. The van der Waals surface area contributed by atoms with Crippen molar-refractivity contribution in [3.63, 3.8) is 0 Å². The minimum absolute atomic E-state index is 0.0256. The topological polar surface area (TPSA) is 80.5 Å². The quantitative estimate of drug-likeness (QED) is 0.848. The average Bonchev–Trinajstić information content (AvgIpc) is 2.45. The molecule has 1 fully saturated rings. The summed E-state index contributed by atoms with van der Waals surface area (Å²) in [5.74, 6) is 0.768. The van der Waals surface area contributed by atoms with Crippen molar-refractivity contribution in [3.8, 4) is 0 Å². The first-order chi connectivity index (χ1) is 10.0. The first-order valence-corrected chi connectivity index (χ1v) is 7.33. The molecule has 6 heteroatoms. The van der Waals surface area contributed by atoms with E-state index < -0.39 is 0 Å². The van der Waals surface area contributed by atoms with Crippen LogP contribution in [0.5, 0.6) is 0 Å². The predicted octanol–water partition coefficient (Wildman–Crippen LogP) is 0.579. The maximum atomic E-state index is 12.3. The van der Waals surface area contributed by atoms with E-state index in [-0.39, 0.29) is 18.0 Å². The van der Waals surface area contributed by atoms with Gasteiger partial charge in [0.05, 0.1) is 13.2 Å². The molecule has 1 saturated heterocycles. The molecular weight excluding hydrogens is 268 g/mol. The van der Waals surface area contributed by atoms with Gasteiger partial charge in [-0.3, -0.25) is 4.79 Å². The Balaban J connectivity index is 2.26. The van der Waals surface area contributed by atoms with Crippen molar-refractivity contribution < 1.29 is 9.53 Å². The number of anilines is 1. The van der Waals surface area contributed by atoms with Crippen molar-refractivity contribution in [1.82, 2.24) is 10.3 Å². The van der Waals surface area contributed by atoms with E-state index in [1.165, 1.54) is 0 Å². The number of morpholine rings is 1. The van der Waals surface area contributed by atoms with Gasteiger partial charge in [0.25, 0.3) is 0 Å². The zero-order valence-electron chi connectivity index (χ0n) is 12.9. The molecule has 1 aliphatic heterocycles. The van der Waals surface area contributed by atoms with E-state index in [0.717, 1.165) is 17.1 Å². The summed E-state index contributed by atoms with van der Waals surface area (Å²) in [6.45, 7) is 7.92. The molecular formula is C15H24N4O2. The molecule has 116 valence electrons. The van der Waals surface area contributed by atoms with Gasteiger partial charge in [-0.25, -0.2) is 4.98 Å². The number of hydrogen-bond acceptors (Lipinski definition) is 5. The number of rotatable bonds is 4. The van der Waals surface area contributed by atoms with Gasteiger partial charge in [-0.2, -0.15) is 0 Å². The molecule has 21 heavy (non-hydrogen) atoms. The normalized spacial score (nSPS) is 18.9. The number of aromatic nitrogens is 1. The second-order valence-electron chi connectivity index (χ2n) is 5.63. The van der Waals surface area contributed by atoms with Crippen LogP contribution in [0.3, 0.4) is 0 Å². The summed E-state index contributed by atoms with van der Waals surface area (Å²) >= 11 is 0. The molecule has 3 N–H and O–H groups in total. The van der Waals surface area contributed by atoms with Gasteiger partial charge in [0.2, 0.25) is 5.91 Å². The third-order valence-electron chi connectivity index (χ3n) is 3.39. The predicted molar refractivity (Wildman–Crippen MR) is 82.1 cm³/mol. The Morgan fingerprint density at radius 2 is 2.33 bits per heavy atom. The van der Waals surface area contributed by atoms with Crippen molar-refractivity contribution >= 4 is 11.7 Å². The van der Waals surface area contributed by atoms with Gasteiger partial charge in [-0.1, -0.05) is 0 Å². The molecule has 1 aromatic rings. The van der Waals surface area contributed by atoms with Crippen LogP contribution in [0, 0.1) is 6.92 Å². The monoisotopic (exact) mass is 292 g/mol. The van der Waals surface area contributed by atoms with E-state index in [1.807, 2.05) is 37.8 Å². The average molecular weight is 292 g/mol. The maximum absolute atomic E-state index is 12.3. The van der Waals surface area contributed by atoms with E-state index in [9.17, 15) is 4.79 Å². The van der Waals surface area contributed by atoms with Crippen molar-refractivity contribution in [2.75, 3.05) is 24.7 Å². The van der Waals surface area contributed by atoms with Crippen molar-refractivity contribution in [2.45, 2.75) is 39.4 Å². The second kappa shape index (κ2) is 6.87. The van der Waals surface area contributed by atoms with Crippen LogP contribution < -0.4 is 16.0 Å². The van der Waals surface area contributed by atoms with E-state index >= 15 is 0 Å². The van der Waals surface area contributed by atoms with Crippen LogP contribution in [0.1, 0.15) is 25.1 Å². The highest BCUT2D eigenvalue weighted by molar-refractivity contribution is 5.85. The summed E-state index contributed by atoms with van der Waals surface area (Å²) in [7, 11) is 0. The molecule has 6 nitrogen and oxygen atoms in total. The van der Waals surface area contributed by atoms with Gasteiger partial charge in [-0.05, 0) is 38.5 Å². The number of nitrogens with one attached hydrogen (secondary N) is 1. The number of hydrogen-bond donors (Lipinski definition) is 2. The summed E-state index contributed by atoms with van der Waals surface area (Å²) in [4.78, 5) is 18.9. The maximum Gasteiger partial charge on any atom is 0.245 e. The molecule has 1 aromatic heterocycles. The Bertz CT molecular complexity index is 504. The van der Waals surface area contributed by atoms with Crippen LogP contribution in [0.2, 0.25) is 0 Å². The molecule has 2 rings (SSSR count). The molecule has 1 atom stereocenters. The molecule has 1 aliphatic rings. The van der Waals surface area contributed by atoms with Crippen LogP contribution in [-0.2, 0) is 16.1 Å². The highest BCUT2D eigenvalue weighted by Gasteiger charge is 2.30. The van der Waals surface area contributed by atoms with E-state index in [1.54, 1.807) is 0 Å². The third-order valence-corrected chi connectivity index (χ3v) is 3.39. The number of carbonyl (C=O) groups is 1. The summed E-state index contributed by atoms with van der Waals surface area (Å²) in [6.07, 6.45) is 0. The lowest BCUT2D eigenvalue weighted by atomic mass is 10.1. The highest BCUT2D eigenvalue weighted by atomic mass is 16.5. The molecule has 1 unspecified atom stereocenters. The van der Waals surface area contributed by atoms with Gasteiger partial charge in [0, 0.05) is 24.8 Å². The fourth-order valence-corrected chi connectivity index (χ4v) is 2.46. The number of carbonyl (C=O) groups excluding carboxylic acids is 1. The lowest BCUT2D eigenvalue weighted by Crippen LogP contribution is -2.55. The Labute approximate surface area is 125 Å². The van der Waals surface area contributed by atoms with Crippen LogP contribution >= 0.6 is 0 Å². The molecule has 0 spiro atoms. The Hall–Kier alpha value is -1.66. The van der Waals surface area contributed by atoms with Gasteiger partial charge < -0.3 is 20.7 Å². The number of amides is 1. The minimum atomic E-state index is -0.346. The Morgan fingerprint density at radius 3 is 3.00 bits per heavy atom. The van der Waals surface area contributed by atoms with Crippen LogP contribution in [0.15, 0.2) is 12.1 Å². The molecule has 0 radical (unpaired) electrons. The highest BCUT2D eigenvalue weighted by Crippen LogP contribution is 2.20. The van der Waals surface area contributed by atoms with Crippen LogP contribution in [0.25, 0.3) is 0 Å². The molecule has 0 aliphatic carbocycles. The number of nitrogens with zero attached hydrogens (tertiary/aromatic N) is 2. The second-order valence-corrected chi connectivity index (χ2v) is 5.63. The van der Waals surface area contributed by atoms with E-state index in [4.69, 9.17) is 10.5 Å². The van der Waals surface area contributed by atoms with Crippen LogP contribution in [-0.4, -0.2) is 42.7 Å². The smallest absolute Gasteiger partial charge is 0.245 e. The molecule has 0 aromatic carbocycles. The molecule has 0 bridgehead atoms. The standard InChI is InChI=1S/C15H24N4O2/c1-10(2)17-15(20)13-9-21-5-4-19(13)14-7-12(8-16)6-11(3)18-14/h6-7,10,13H,4-5,8-9,16H2,1-3H3,(H,17,20). The van der Waals surface area contributed by atoms with Crippen LogP contribution in [0.4, 0.5) is 5.82 Å². The summed E-state index contributed by atoms with van der Waals surface area (Å²) in [6, 6.07) is 3.67. The number of aryl methyl sites for hydroxylation is 1. The summed E-state index contributed by atoms with van der Waals surface area (Å²) in [5, 5.41) is 2.94. The molecule has 2 heterocycles. The van der Waals surface area contributed by atoms with Crippen molar-refractivity contribution in [2.24, 2.45) is 5.73 Å². The summed E-state index contributed by atoms with van der Waals surface area (Å²) in [5.41, 5.74) is 7.65. The zero-order valence-corrected chi connectivity index (χ0v) is 12.9. The summed E-state index contributed by atoms with van der Waals surface area (Å²) < 4.78 is 5.47. The largest absolute Gasteiger partial charge is 0.377 e. The van der Waals surface area contributed by atoms with Gasteiger partial charge in [0.15, 0.2) is 0 Å². The van der Waals surface area contributed by atoms with E-state index in [2.05, 4.69) is 10.3 Å². The van der Waals surface area contributed by atoms with Crippen molar-refractivity contribution in [1.29, 1.82) is 0 Å². The number of ether oxygens (including phenoxy) is 1. The first kappa shape index (κ1) is 15.7. The lowest BCUT2D eigenvalue weighted by molar-refractivity contribution is -0.125. The fraction of sp³-hybridized carbons (Fsp3) is 0.600. The number of nitrogens with two attached hydrogens (primary N) is 1. The lowest BCUT2D eigenvalue weighted by Gasteiger charge is -2.36. The minimum Gasteiger partial charge on any atom is -0.377 e. The number of pyridine rings is 1. The third kappa shape index (κ3) is 3.92. The fourth-order valence-electron chi connectivity index (χ4n) is 2.46. The van der Waals surface area contributed by atoms with Gasteiger partial charge in [0.1, 0.15) is 11.9 Å². The SMILES string of the molecule is Cc1cc(CN)cc(N2CCOCC2C(=O)NC(C)C)n1. The van der Waals surface area contributed by atoms with Gasteiger partial charge in [-0.15, -0.1) is 0 Å². The Morgan fingerprint density at radius 1 is 1.57 bits per heavy atom.